The highest BCUT2D eigenvalue weighted by Crippen LogP contribution is 2.31. The van der Waals surface area contributed by atoms with E-state index in [-0.39, 0.29) is 5.91 Å². The molecule has 0 fully saturated rings. The van der Waals surface area contributed by atoms with Crippen molar-refractivity contribution in [1.82, 2.24) is 15.1 Å². The molecule has 0 saturated carbocycles. The van der Waals surface area contributed by atoms with Crippen LogP contribution in [0.15, 0.2) is 52.9 Å². The number of carbonyl (C=O) groups excluding carboxylic acids is 1. The monoisotopic (exact) mass is 393 g/mol. The van der Waals surface area contributed by atoms with Gasteiger partial charge in [-0.3, -0.25) is 4.79 Å². The van der Waals surface area contributed by atoms with Crippen LogP contribution in [-0.4, -0.2) is 41.3 Å². The van der Waals surface area contributed by atoms with Crippen LogP contribution >= 0.6 is 0 Å². The van der Waals surface area contributed by atoms with Crippen molar-refractivity contribution in [2.45, 2.75) is 25.8 Å². The number of hydrogen-bond acceptors (Lipinski definition) is 6. The van der Waals surface area contributed by atoms with E-state index in [9.17, 15) is 4.79 Å². The fourth-order valence-electron chi connectivity index (χ4n) is 3.18. The first kappa shape index (κ1) is 19.0. The molecule has 0 atom stereocenters. The van der Waals surface area contributed by atoms with Crippen molar-refractivity contribution in [3.63, 3.8) is 0 Å². The van der Waals surface area contributed by atoms with Crippen molar-refractivity contribution in [2.24, 2.45) is 0 Å². The van der Waals surface area contributed by atoms with Gasteiger partial charge in [-0.25, -0.2) is 0 Å². The lowest BCUT2D eigenvalue weighted by Gasteiger charge is -2.21. The quantitative estimate of drug-likeness (QED) is 0.612. The van der Waals surface area contributed by atoms with E-state index in [2.05, 4.69) is 10.2 Å². The van der Waals surface area contributed by atoms with Crippen LogP contribution < -0.4 is 9.47 Å². The first-order chi connectivity index (χ1) is 14.2. The van der Waals surface area contributed by atoms with Crippen LogP contribution in [0.4, 0.5) is 0 Å². The molecule has 1 aromatic heterocycles. The molecule has 2 heterocycles. The molecule has 0 N–H and O–H groups in total. The number of nitrogens with zero attached hydrogens (tertiary/aromatic N) is 3. The highest BCUT2D eigenvalue weighted by atomic mass is 16.6. The number of carbonyl (C=O) groups is 1. The van der Waals surface area contributed by atoms with E-state index in [1.165, 1.54) is 0 Å². The molecule has 0 bridgehead atoms. The average molecular weight is 393 g/mol. The largest absolute Gasteiger partial charge is 0.486 e. The van der Waals surface area contributed by atoms with Gasteiger partial charge in [0, 0.05) is 32.0 Å². The van der Waals surface area contributed by atoms with Crippen LogP contribution in [0, 0.1) is 0 Å². The van der Waals surface area contributed by atoms with Gasteiger partial charge in [-0.2, -0.15) is 0 Å². The molecule has 150 valence electrons. The minimum absolute atomic E-state index is 0.0719. The molecule has 3 aromatic rings. The van der Waals surface area contributed by atoms with Crippen molar-refractivity contribution in [3.05, 3.63) is 60.0 Å². The molecule has 0 saturated heterocycles. The summed E-state index contributed by atoms with van der Waals surface area (Å²) in [6.07, 6.45) is 1.65. The van der Waals surface area contributed by atoms with Crippen molar-refractivity contribution >= 4 is 5.91 Å². The van der Waals surface area contributed by atoms with Gasteiger partial charge in [0.05, 0.1) is 0 Å². The number of aromatic nitrogens is 2. The molecule has 0 unspecified atom stereocenters. The maximum absolute atomic E-state index is 12.5. The summed E-state index contributed by atoms with van der Waals surface area (Å²) in [6.45, 7) is 1.64. The second-order valence-electron chi connectivity index (χ2n) is 6.95. The number of amides is 1. The summed E-state index contributed by atoms with van der Waals surface area (Å²) in [7, 11) is 1.80. The maximum Gasteiger partial charge on any atom is 0.247 e. The van der Waals surface area contributed by atoms with E-state index in [1.807, 2.05) is 48.5 Å². The smallest absolute Gasteiger partial charge is 0.247 e. The number of benzene rings is 2. The van der Waals surface area contributed by atoms with Crippen LogP contribution in [0.3, 0.4) is 0 Å². The minimum Gasteiger partial charge on any atom is -0.486 e. The molecular weight excluding hydrogens is 370 g/mol. The van der Waals surface area contributed by atoms with E-state index < -0.39 is 0 Å². The fraction of sp³-hybridized carbons (Fsp3) is 0.318. The van der Waals surface area contributed by atoms with Crippen LogP contribution in [0.1, 0.15) is 24.3 Å². The van der Waals surface area contributed by atoms with Crippen LogP contribution in [-0.2, 0) is 17.8 Å². The second-order valence-corrected chi connectivity index (χ2v) is 6.95. The molecule has 7 nitrogen and oxygen atoms in total. The normalized spacial score (nSPS) is 12.6. The van der Waals surface area contributed by atoms with Gasteiger partial charge >= 0.3 is 0 Å². The Labute approximate surface area is 169 Å². The van der Waals surface area contributed by atoms with Gasteiger partial charge in [0.25, 0.3) is 0 Å². The number of hydrogen-bond donors (Lipinski definition) is 0. The molecule has 4 rings (SSSR count). The molecule has 1 aliphatic rings. The fourth-order valence-corrected chi connectivity index (χ4v) is 3.18. The highest BCUT2D eigenvalue weighted by Gasteiger charge is 2.15. The van der Waals surface area contributed by atoms with Crippen molar-refractivity contribution in [1.29, 1.82) is 0 Å². The predicted octanol–water partition coefficient (Wildman–Crippen LogP) is 3.49. The van der Waals surface area contributed by atoms with Gasteiger partial charge in [-0.1, -0.05) is 24.3 Å². The summed E-state index contributed by atoms with van der Waals surface area (Å²) < 4.78 is 16.8. The van der Waals surface area contributed by atoms with Gasteiger partial charge < -0.3 is 18.8 Å². The third-order valence-corrected chi connectivity index (χ3v) is 4.72. The zero-order chi connectivity index (χ0) is 20.1. The Hall–Kier alpha value is -3.35. The summed E-state index contributed by atoms with van der Waals surface area (Å²) >= 11 is 0. The average Bonchev–Trinajstić information content (AvgIpc) is 3.23. The molecule has 0 spiro atoms. The Morgan fingerprint density at radius 2 is 1.83 bits per heavy atom. The summed E-state index contributed by atoms with van der Waals surface area (Å²) in [4.78, 5) is 14.2. The molecule has 1 aliphatic heterocycles. The summed E-state index contributed by atoms with van der Waals surface area (Å²) in [6, 6.07) is 15.4. The number of ether oxygens (including phenoxy) is 2. The van der Waals surface area contributed by atoms with Crippen molar-refractivity contribution in [3.8, 4) is 23.0 Å². The number of aryl methyl sites for hydroxylation is 1. The van der Waals surface area contributed by atoms with E-state index in [0.29, 0.717) is 50.8 Å². The predicted molar refractivity (Wildman–Crippen MR) is 107 cm³/mol. The van der Waals surface area contributed by atoms with Crippen LogP contribution in [0.25, 0.3) is 11.5 Å². The molecule has 7 heteroatoms. The van der Waals surface area contributed by atoms with E-state index >= 15 is 0 Å². The Balaban J connectivity index is 1.26. The van der Waals surface area contributed by atoms with E-state index in [0.717, 1.165) is 22.6 Å². The third kappa shape index (κ3) is 4.74. The lowest BCUT2D eigenvalue weighted by atomic mass is 10.1. The first-order valence-electron chi connectivity index (χ1n) is 9.69. The molecule has 0 radical (unpaired) electrons. The topological polar surface area (TPSA) is 77.7 Å². The number of rotatable bonds is 7. The second kappa shape index (κ2) is 8.77. The number of fused-ring (bicyclic) bond motifs is 1. The lowest BCUT2D eigenvalue weighted by molar-refractivity contribution is -0.130. The first-order valence-corrected chi connectivity index (χ1v) is 9.69. The van der Waals surface area contributed by atoms with Crippen LogP contribution in [0.2, 0.25) is 0 Å². The van der Waals surface area contributed by atoms with Gasteiger partial charge in [0.1, 0.15) is 13.2 Å². The Bertz CT molecular complexity index is 971. The van der Waals surface area contributed by atoms with Gasteiger partial charge in [-0.15, -0.1) is 10.2 Å². The highest BCUT2D eigenvalue weighted by molar-refractivity contribution is 5.75. The zero-order valence-electron chi connectivity index (χ0n) is 16.3. The minimum atomic E-state index is 0.0719. The Morgan fingerprint density at radius 3 is 2.66 bits per heavy atom. The maximum atomic E-state index is 12.5. The third-order valence-electron chi connectivity index (χ3n) is 4.72. The standard InChI is InChI=1S/C22H23N3O4/c1-25(15-16-10-11-18-19(14-16)28-13-12-27-18)21(26)9-5-8-20-23-24-22(29-20)17-6-3-2-4-7-17/h2-4,6-7,10-11,14H,5,8-9,12-13,15H2,1H3. The van der Waals surface area contributed by atoms with E-state index in [4.69, 9.17) is 13.9 Å². The summed E-state index contributed by atoms with van der Waals surface area (Å²) in [5.41, 5.74) is 1.90. The Kier molecular flexibility index (Phi) is 5.74. The summed E-state index contributed by atoms with van der Waals surface area (Å²) in [5.74, 6) is 2.61. The zero-order valence-corrected chi connectivity index (χ0v) is 16.3. The molecule has 29 heavy (non-hydrogen) atoms. The molecule has 0 aliphatic carbocycles. The molecule has 1 amide bonds. The van der Waals surface area contributed by atoms with Crippen LogP contribution in [0.5, 0.6) is 11.5 Å². The van der Waals surface area contributed by atoms with Crippen molar-refractivity contribution in [2.75, 3.05) is 20.3 Å². The lowest BCUT2D eigenvalue weighted by Crippen LogP contribution is -2.26. The van der Waals surface area contributed by atoms with Gasteiger partial charge in [-0.05, 0) is 36.2 Å². The summed E-state index contributed by atoms with van der Waals surface area (Å²) in [5, 5.41) is 8.15. The van der Waals surface area contributed by atoms with Gasteiger partial charge in [0.2, 0.25) is 17.7 Å². The van der Waals surface area contributed by atoms with Gasteiger partial charge in [0.15, 0.2) is 11.5 Å². The molecule has 2 aromatic carbocycles. The SMILES string of the molecule is CN(Cc1ccc2c(c1)OCCO2)C(=O)CCCc1nnc(-c2ccccc2)o1. The van der Waals surface area contributed by atoms with E-state index in [1.54, 1.807) is 11.9 Å². The molecular formula is C22H23N3O4. The Morgan fingerprint density at radius 1 is 1.03 bits per heavy atom. The van der Waals surface area contributed by atoms with Crippen molar-refractivity contribution < 1.29 is 18.7 Å².